The zero-order chi connectivity index (χ0) is 24.6. The van der Waals surface area contributed by atoms with Gasteiger partial charge in [-0.25, -0.2) is 8.42 Å². The second kappa shape index (κ2) is 11.7. The summed E-state index contributed by atoms with van der Waals surface area (Å²) in [7, 11) is -4.04. The molecule has 1 aromatic heterocycles. The molecule has 1 heterocycles. The largest absolute Gasteiger partial charge is 0.317 e. The van der Waals surface area contributed by atoms with Gasteiger partial charge in [0.2, 0.25) is 0 Å². The lowest BCUT2D eigenvalue weighted by Crippen LogP contribution is -2.17. The summed E-state index contributed by atoms with van der Waals surface area (Å²) in [5.74, 6) is 0. The first-order valence-corrected chi connectivity index (χ1v) is 12.8. The molecule has 0 fully saturated rings. The van der Waals surface area contributed by atoms with Gasteiger partial charge in [0.05, 0.1) is 15.4 Å². The first-order valence-electron chi connectivity index (χ1n) is 10.4. The molecule has 0 aliphatic carbocycles. The normalized spacial score (nSPS) is 11.7. The van der Waals surface area contributed by atoms with Crippen molar-refractivity contribution in [2.45, 2.75) is 37.8 Å². The molecular weight excluding hydrogens is 458 g/mol. The van der Waals surface area contributed by atoms with Crippen molar-refractivity contribution in [2.24, 2.45) is 0 Å². The Morgan fingerprint density at radius 1 is 1.03 bits per heavy atom. The van der Waals surface area contributed by atoms with Gasteiger partial charge in [0.1, 0.15) is 16.2 Å². The Morgan fingerprint density at radius 2 is 1.64 bits per heavy atom. The third-order valence-electron chi connectivity index (χ3n) is 4.90. The van der Waals surface area contributed by atoms with Crippen LogP contribution in [0.4, 0.5) is 5.69 Å². The van der Waals surface area contributed by atoms with Crippen molar-refractivity contribution in [1.82, 2.24) is 5.32 Å². The zero-order valence-corrected chi connectivity index (χ0v) is 20.7. The smallest absolute Gasteiger partial charge is 0.274 e. The van der Waals surface area contributed by atoms with Crippen molar-refractivity contribution >= 4 is 26.9 Å². The van der Waals surface area contributed by atoms with Crippen molar-refractivity contribution in [2.75, 3.05) is 13.1 Å². The van der Waals surface area contributed by atoms with Crippen LogP contribution in [0.1, 0.15) is 46.2 Å². The van der Waals surface area contributed by atoms with Crippen LogP contribution in [0.15, 0.2) is 58.8 Å². The lowest BCUT2D eigenvalue weighted by atomic mass is 10.0. The molecule has 0 saturated carbocycles. The number of rotatable bonds is 7. The molecule has 7 nitrogen and oxygen atoms in total. The van der Waals surface area contributed by atoms with E-state index in [1.54, 1.807) is 36.6 Å². The van der Waals surface area contributed by atoms with E-state index < -0.39 is 20.0 Å². The zero-order valence-electron chi connectivity index (χ0n) is 19.0. The SMILES string of the molecule is CCNCC.Cc1ccc(S(=O)(=O)C(c2ccc(C)cc2[N+](=O)[O-])c2ccsc2C#N)cc1. The fraction of sp³-hybridized carbons (Fsp3) is 0.292. The highest BCUT2D eigenvalue weighted by Gasteiger charge is 2.37. The highest BCUT2D eigenvalue weighted by Crippen LogP contribution is 2.42. The van der Waals surface area contributed by atoms with Gasteiger partial charge in [-0.2, -0.15) is 5.26 Å². The Bertz CT molecular complexity index is 1240. The minimum absolute atomic E-state index is 0.0473. The molecule has 3 rings (SSSR count). The molecule has 2 aromatic carbocycles. The lowest BCUT2D eigenvalue weighted by molar-refractivity contribution is -0.385. The van der Waals surface area contributed by atoms with Crippen LogP contribution in [0, 0.1) is 35.3 Å². The topological polar surface area (TPSA) is 113 Å². The maximum absolute atomic E-state index is 13.5. The van der Waals surface area contributed by atoms with Crippen LogP contribution >= 0.6 is 11.3 Å². The molecule has 33 heavy (non-hydrogen) atoms. The Kier molecular flexibility index (Phi) is 9.29. The van der Waals surface area contributed by atoms with E-state index in [-0.39, 0.29) is 26.6 Å². The second-order valence-electron chi connectivity index (χ2n) is 7.33. The predicted molar refractivity (Wildman–Crippen MR) is 131 cm³/mol. The van der Waals surface area contributed by atoms with E-state index in [1.165, 1.54) is 24.3 Å². The summed E-state index contributed by atoms with van der Waals surface area (Å²) in [6, 6.07) is 14.3. The number of nitro groups is 1. The summed E-state index contributed by atoms with van der Waals surface area (Å²) in [6.45, 7) is 9.93. The van der Waals surface area contributed by atoms with E-state index in [4.69, 9.17) is 0 Å². The summed E-state index contributed by atoms with van der Waals surface area (Å²) in [5, 5.41) is 24.5. The van der Waals surface area contributed by atoms with Gasteiger partial charge in [0, 0.05) is 11.6 Å². The Labute approximate surface area is 198 Å². The Hall–Kier alpha value is -3.06. The number of nitro benzene ring substituents is 1. The average molecular weight is 486 g/mol. The van der Waals surface area contributed by atoms with Gasteiger partial charge < -0.3 is 5.32 Å². The Balaban J connectivity index is 0.000000696. The molecular formula is C24H27N3O4S2. The van der Waals surface area contributed by atoms with Crippen LogP contribution in [-0.4, -0.2) is 26.4 Å². The molecule has 1 unspecified atom stereocenters. The molecule has 1 atom stereocenters. The van der Waals surface area contributed by atoms with Crippen molar-refractivity contribution < 1.29 is 13.3 Å². The number of hydrogen-bond donors (Lipinski definition) is 1. The summed E-state index contributed by atoms with van der Waals surface area (Å²) >= 11 is 1.11. The van der Waals surface area contributed by atoms with E-state index >= 15 is 0 Å². The quantitative estimate of drug-likeness (QED) is 0.358. The molecule has 9 heteroatoms. The molecule has 3 aromatic rings. The van der Waals surface area contributed by atoms with Crippen molar-refractivity contribution in [3.05, 3.63) is 91.2 Å². The molecule has 0 bridgehead atoms. The third kappa shape index (κ3) is 6.26. The van der Waals surface area contributed by atoms with Crippen LogP contribution in [0.2, 0.25) is 0 Å². The van der Waals surface area contributed by atoms with Crippen LogP contribution in [-0.2, 0) is 9.84 Å². The summed E-state index contributed by atoms with van der Waals surface area (Å²) in [6.07, 6.45) is 0. The molecule has 174 valence electrons. The highest BCUT2D eigenvalue weighted by atomic mass is 32.2. The number of aryl methyl sites for hydroxylation is 2. The molecule has 0 saturated heterocycles. The standard InChI is InChI=1S/C20H16N2O4S2.C4H11N/c1-13-3-6-15(7-4-13)28(25,26)20(17-9-10-27-19(17)12-21)16-8-5-14(2)11-18(16)22(23)24;1-3-5-4-2/h3-11,20H,1-2H3;5H,3-4H2,1-2H3. The van der Waals surface area contributed by atoms with Gasteiger partial charge in [-0.15, -0.1) is 11.3 Å². The van der Waals surface area contributed by atoms with Crippen LogP contribution in [0.5, 0.6) is 0 Å². The van der Waals surface area contributed by atoms with Gasteiger partial charge in [0.15, 0.2) is 9.84 Å². The van der Waals surface area contributed by atoms with E-state index in [0.717, 1.165) is 30.0 Å². The van der Waals surface area contributed by atoms with Crippen molar-refractivity contribution in [3.63, 3.8) is 0 Å². The van der Waals surface area contributed by atoms with Gasteiger partial charge in [-0.1, -0.05) is 43.7 Å². The van der Waals surface area contributed by atoms with E-state index in [2.05, 4.69) is 19.2 Å². The fourth-order valence-corrected chi connectivity index (χ4v) is 5.92. The van der Waals surface area contributed by atoms with Crippen LogP contribution in [0.3, 0.4) is 0 Å². The number of sulfone groups is 1. The van der Waals surface area contributed by atoms with E-state index in [9.17, 15) is 23.8 Å². The lowest BCUT2D eigenvalue weighted by Gasteiger charge is -2.18. The molecule has 0 amide bonds. The van der Waals surface area contributed by atoms with Gasteiger partial charge in [-0.05, 0) is 56.1 Å². The molecule has 1 N–H and O–H groups in total. The monoisotopic (exact) mass is 485 g/mol. The number of hydrogen-bond acceptors (Lipinski definition) is 7. The molecule has 0 spiro atoms. The maximum Gasteiger partial charge on any atom is 0.274 e. The minimum Gasteiger partial charge on any atom is -0.317 e. The molecule has 0 aliphatic heterocycles. The third-order valence-corrected chi connectivity index (χ3v) is 7.80. The minimum atomic E-state index is -4.04. The number of nitriles is 1. The number of nitrogens with one attached hydrogen (secondary N) is 1. The number of nitrogens with zero attached hydrogens (tertiary/aromatic N) is 2. The Morgan fingerprint density at radius 3 is 2.15 bits per heavy atom. The van der Waals surface area contributed by atoms with Crippen molar-refractivity contribution in [3.8, 4) is 6.07 Å². The van der Waals surface area contributed by atoms with Crippen LogP contribution in [0.25, 0.3) is 0 Å². The maximum atomic E-state index is 13.5. The van der Waals surface area contributed by atoms with Crippen molar-refractivity contribution in [1.29, 1.82) is 5.26 Å². The summed E-state index contributed by atoms with van der Waals surface area (Å²) in [4.78, 5) is 11.3. The summed E-state index contributed by atoms with van der Waals surface area (Å²) < 4.78 is 27.1. The first kappa shape index (κ1) is 26.2. The van der Waals surface area contributed by atoms with E-state index in [1.807, 2.05) is 13.0 Å². The van der Waals surface area contributed by atoms with Gasteiger partial charge >= 0.3 is 0 Å². The number of thiophene rings is 1. The molecule has 0 aliphatic rings. The average Bonchev–Trinajstić information content (AvgIpc) is 3.24. The highest BCUT2D eigenvalue weighted by molar-refractivity contribution is 7.92. The fourth-order valence-electron chi connectivity index (χ4n) is 3.27. The predicted octanol–water partition coefficient (Wildman–Crippen LogP) is 5.32. The second-order valence-corrected chi connectivity index (χ2v) is 10.3. The first-order chi connectivity index (χ1) is 15.7. The molecule has 0 radical (unpaired) electrons. The van der Waals surface area contributed by atoms with Gasteiger partial charge in [0.25, 0.3) is 5.69 Å². The van der Waals surface area contributed by atoms with Crippen LogP contribution < -0.4 is 5.32 Å². The summed E-state index contributed by atoms with van der Waals surface area (Å²) in [5.41, 5.74) is 1.56. The van der Waals surface area contributed by atoms with E-state index in [0.29, 0.717) is 5.56 Å². The number of benzene rings is 2. The van der Waals surface area contributed by atoms with Gasteiger partial charge in [-0.3, -0.25) is 10.1 Å².